The van der Waals surface area contributed by atoms with Crippen LogP contribution < -0.4 is 9.62 Å². The van der Waals surface area contributed by atoms with E-state index < -0.39 is 11.9 Å². The Balaban J connectivity index is 0.00000247. The number of rotatable bonds is 9. The summed E-state index contributed by atoms with van der Waals surface area (Å²) in [6, 6.07) is 10.4. The van der Waals surface area contributed by atoms with E-state index in [9.17, 15) is 18.0 Å². The normalized spacial score (nSPS) is 12.9. The van der Waals surface area contributed by atoms with Crippen LogP contribution in [0.25, 0.3) is 10.9 Å². The smallest absolute Gasteiger partial charge is 0.350 e. The number of hydrogen-bond donors (Lipinski definition) is 2. The molecule has 0 spiro atoms. The van der Waals surface area contributed by atoms with Crippen LogP contribution in [0.15, 0.2) is 42.5 Å². The van der Waals surface area contributed by atoms with Crippen LogP contribution in [0.4, 0.5) is 18.9 Å². The van der Waals surface area contributed by atoms with Gasteiger partial charge in [-0.25, -0.2) is 4.98 Å². The molecular formula is C28H34Cl2F3N3OS. The van der Waals surface area contributed by atoms with Crippen LogP contribution in [-0.4, -0.2) is 23.0 Å². The number of carbonyl (C=O) groups excluding carboxylic acids is 1. The number of nitrogens with zero attached hydrogens (tertiary/aromatic N) is 2. The molecule has 0 radical (unpaired) electrons. The first-order valence-corrected chi connectivity index (χ1v) is 13.8. The second-order valence-electron chi connectivity index (χ2n) is 8.84. The van der Waals surface area contributed by atoms with Gasteiger partial charge in [-0.15, -0.1) is 0 Å². The van der Waals surface area contributed by atoms with E-state index in [0.717, 1.165) is 12.5 Å². The lowest BCUT2D eigenvalue weighted by molar-refractivity contribution is -0.140. The molecule has 3 aromatic rings. The molecule has 2 atom stereocenters. The molecule has 4 nitrogen and oxygen atoms in total. The van der Waals surface area contributed by atoms with E-state index in [4.69, 9.17) is 23.2 Å². The maximum absolute atomic E-state index is 13.6. The number of pyridine rings is 1. The molecule has 2 aromatic carbocycles. The van der Waals surface area contributed by atoms with E-state index in [1.165, 1.54) is 12.1 Å². The van der Waals surface area contributed by atoms with Crippen molar-refractivity contribution < 1.29 is 18.0 Å². The molecule has 38 heavy (non-hydrogen) atoms. The third-order valence-corrected chi connectivity index (χ3v) is 7.26. The van der Waals surface area contributed by atoms with Gasteiger partial charge in [-0.3, -0.25) is 4.79 Å². The third kappa shape index (κ3) is 8.17. The van der Waals surface area contributed by atoms with Crippen molar-refractivity contribution in [2.75, 3.05) is 4.31 Å². The van der Waals surface area contributed by atoms with Crippen LogP contribution in [0.3, 0.4) is 0 Å². The topological polar surface area (TPSA) is 45.2 Å². The van der Waals surface area contributed by atoms with Crippen LogP contribution in [0.5, 0.6) is 0 Å². The monoisotopic (exact) mass is 587 g/mol. The summed E-state index contributed by atoms with van der Waals surface area (Å²) >= 11 is 16.9. The number of nitrogens with one attached hydrogen (secondary N) is 1. The summed E-state index contributed by atoms with van der Waals surface area (Å²) in [6.45, 7) is 9.69. The zero-order valence-electron chi connectivity index (χ0n) is 22.2. The summed E-state index contributed by atoms with van der Waals surface area (Å²) in [4.78, 5) is 16.5. The molecule has 208 valence electrons. The highest BCUT2D eigenvalue weighted by Crippen LogP contribution is 2.38. The molecular weight excluding hydrogens is 554 g/mol. The second-order valence-corrected chi connectivity index (χ2v) is 10.1. The molecule has 0 bridgehead atoms. The summed E-state index contributed by atoms with van der Waals surface area (Å²) in [5, 5.41) is 4.39. The van der Waals surface area contributed by atoms with Gasteiger partial charge in [0.15, 0.2) is 0 Å². The molecule has 0 aliphatic carbocycles. The molecule has 10 heteroatoms. The molecule has 0 saturated heterocycles. The summed E-state index contributed by atoms with van der Waals surface area (Å²) in [6.07, 6.45) is -1.90. The van der Waals surface area contributed by atoms with Gasteiger partial charge in [0.05, 0.1) is 11.2 Å². The zero-order chi connectivity index (χ0) is 28.6. The Morgan fingerprint density at radius 3 is 2.42 bits per heavy atom. The molecule has 0 saturated carbocycles. The first kappa shape index (κ1) is 32.1. The Kier molecular flexibility index (Phi) is 12.1. The zero-order valence-corrected chi connectivity index (χ0v) is 24.6. The minimum atomic E-state index is -4.60. The fourth-order valence-electron chi connectivity index (χ4n) is 4.10. The fourth-order valence-corrected chi connectivity index (χ4v) is 4.85. The Morgan fingerprint density at radius 1 is 1.11 bits per heavy atom. The summed E-state index contributed by atoms with van der Waals surface area (Å²) in [7, 11) is 0. The minimum Gasteiger partial charge on any atom is -0.350 e. The Morgan fingerprint density at radius 2 is 1.79 bits per heavy atom. The number of fused-ring (bicyclic) bond motifs is 1. The molecule has 0 aliphatic rings. The van der Waals surface area contributed by atoms with E-state index in [-0.39, 0.29) is 23.5 Å². The van der Waals surface area contributed by atoms with Gasteiger partial charge in [0.1, 0.15) is 5.69 Å². The van der Waals surface area contributed by atoms with E-state index in [2.05, 4.69) is 23.1 Å². The van der Waals surface area contributed by atoms with E-state index in [0.29, 0.717) is 51.5 Å². The average molecular weight is 589 g/mol. The fraction of sp³-hybridized carbons (Fsp3) is 0.429. The number of thiol groups is 1. The molecule has 0 aliphatic heterocycles. The van der Waals surface area contributed by atoms with Crippen LogP contribution in [0.2, 0.25) is 10.0 Å². The lowest BCUT2D eigenvalue weighted by atomic mass is 10.0. The maximum Gasteiger partial charge on any atom is 0.433 e. The van der Waals surface area contributed by atoms with Crippen LogP contribution >= 0.6 is 36.0 Å². The van der Waals surface area contributed by atoms with Gasteiger partial charge in [0.2, 0.25) is 0 Å². The largest absolute Gasteiger partial charge is 0.433 e. The quantitative estimate of drug-likeness (QED) is 0.245. The number of benzene rings is 2. The van der Waals surface area contributed by atoms with Crippen molar-refractivity contribution >= 4 is 58.5 Å². The number of aromatic nitrogens is 1. The molecule has 1 aromatic heterocycles. The Bertz CT molecular complexity index is 1240. The van der Waals surface area contributed by atoms with Gasteiger partial charge >= 0.3 is 6.18 Å². The van der Waals surface area contributed by atoms with Crippen LogP contribution in [-0.2, 0) is 6.18 Å². The first-order chi connectivity index (χ1) is 17.9. The van der Waals surface area contributed by atoms with Crippen molar-refractivity contribution in [1.29, 1.82) is 0 Å². The predicted octanol–water partition coefficient (Wildman–Crippen LogP) is 9.31. The summed E-state index contributed by atoms with van der Waals surface area (Å²) in [5.74, 6) is -0.221. The number of hydrogen-bond acceptors (Lipinski definition) is 4. The van der Waals surface area contributed by atoms with Crippen LogP contribution in [0.1, 0.15) is 75.0 Å². The average Bonchev–Trinajstić information content (AvgIpc) is 2.87. The number of alkyl halides is 3. The van der Waals surface area contributed by atoms with E-state index >= 15 is 0 Å². The van der Waals surface area contributed by atoms with E-state index in [1.54, 1.807) is 35.5 Å². The predicted molar refractivity (Wildman–Crippen MR) is 156 cm³/mol. The van der Waals surface area contributed by atoms with Crippen molar-refractivity contribution in [1.82, 2.24) is 10.3 Å². The molecule has 3 rings (SSSR count). The molecule has 0 fully saturated rings. The number of halogens is 5. The number of anilines is 1. The van der Waals surface area contributed by atoms with E-state index in [1.807, 2.05) is 27.7 Å². The van der Waals surface area contributed by atoms with Gasteiger partial charge in [-0.05, 0) is 75.1 Å². The molecule has 1 N–H and O–H groups in total. The second kappa shape index (κ2) is 14.3. The maximum atomic E-state index is 13.6. The van der Waals surface area contributed by atoms with Crippen molar-refractivity contribution in [3.8, 4) is 0 Å². The van der Waals surface area contributed by atoms with Gasteiger partial charge < -0.3 is 9.62 Å². The van der Waals surface area contributed by atoms with Crippen molar-refractivity contribution in [2.45, 2.75) is 78.6 Å². The number of amides is 1. The summed E-state index contributed by atoms with van der Waals surface area (Å²) in [5.41, 5.74) is 0.714. The van der Waals surface area contributed by atoms with Gasteiger partial charge in [0.25, 0.3) is 5.91 Å². The van der Waals surface area contributed by atoms with Gasteiger partial charge in [-0.2, -0.15) is 13.2 Å². The Hall–Kier alpha value is -2.16. The SMILES string of the molecule is CC.CCCC(CCC(C)NC(=O)c1cccc(Cl)c1C)N(S)c1cc(C(F)(F)F)nc2ccc(Cl)cc12. The third-order valence-electron chi connectivity index (χ3n) is 6.08. The standard InChI is InChI=1S/C26H28Cl2F3N3OS.C2H6/c1-4-6-18(11-9-15(2)32-25(35)19-7-5-8-21(28)16(19)3)34(36)23-14-24(26(29,30)31)33-22-12-10-17(27)13-20(22)23;1-2/h5,7-8,10,12-15,18,36H,4,6,9,11H2,1-3H3,(H,32,35);1-2H3. The highest BCUT2D eigenvalue weighted by Gasteiger charge is 2.34. The van der Waals surface area contributed by atoms with Crippen molar-refractivity contribution in [2.24, 2.45) is 0 Å². The Labute approximate surface area is 238 Å². The molecule has 2 unspecified atom stereocenters. The highest BCUT2D eigenvalue weighted by atomic mass is 35.5. The summed E-state index contributed by atoms with van der Waals surface area (Å²) < 4.78 is 42.3. The van der Waals surface area contributed by atoms with Crippen LogP contribution in [0, 0.1) is 6.92 Å². The highest BCUT2D eigenvalue weighted by molar-refractivity contribution is 7.81. The lowest BCUT2D eigenvalue weighted by Gasteiger charge is -2.31. The first-order valence-electron chi connectivity index (χ1n) is 12.6. The minimum absolute atomic E-state index is 0.175. The van der Waals surface area contributed by atoms with Gasteiger partial charge in [-0.1, -0.05) is 69.3 Å². The lowest BCUT2D eigenvalue weighted by Crippen LogP contribution is -2.35. The molecule has 1 heterocycles. The van der Waals surface area contributed by atoms with Crippen molar-refractivity contribution in [3.63, 3.8) is 0 Å². The van der Waals surface area contributed by atoms with Crippen molar-refractivity contribution in [3.05, 3.63) is 69.3 Å². The molecule has 1 amide bonds. The number of carbonyl (C=O) groups is 1. The van der Waals surface area contributed by atoms with Gasteiger partial charge in [0, 0.05) is 33.1 Å².